The van der Waals surface area contributed by atoms with E-state index in [4.69, 9.17) is 9.26 Å². The molecule has 0 aromatic carbocycles. The van der Waals surface area contributed by atoms with Crippen molar-refractivity contribution >= 4 is 5.96 Å². The summed E-state index contributed by atoms with van der Waals surface area (Å²) in [4.78, 5) is 9.01. The fraction of sp³-hybridized carbons (Fsp3) is 0.550. The maximum atomic E-state index is 5.72. The number of nitrogens with one attached hydrogen (secondary N) is 2. The molecule has 0 spiro atoms. The van der Waals surface area contributed by atoms with Gasteiger partial charge in [0.05, 0.1) is 18.8 Å². The summed E-state index contributed by atoms with van der Waals surface area (Å²) in [7, 11) is 0. The van der Waals surface area contributed by atoms with Crippen LogP contribution in [0, 0.1) is 0 Å². The Labute approximate surface area is 161 Å². The van der Waals surface area contributed by atoms with Crippen LogP contribution in [0.5, 0.6) is 5.88 Å². The van der Waals surface area contributed by atoms with Gasteiger partial charge >= 0.3 is 0 Å². The number of aliphatic imine (C=N–C) groups is 1. The number of hydrogen-bond donors (Lipinski definition) is 2. The van der Waals surface area contributed by atoms with Crippen molar-refractivity contribution in [2.75, 3.05) is 13.2 Å². The molecule has 0 aliphatic heterocycles. The number of nitrogens with zero attached hydrogens (tertiary/aromatic N) is 3. The van der Waals surface area contributed by atoms with E-state index in [0.29, 0.717) is 25.6 Å². The number of ether oxygens (including phenoxy) is 1. The van der Waals surface area contributed by atoms with Crippen LogP contribution in [-0.4, -0.2) is 29.3 Å². The van der Waals surface area contributed by atoms with Gasteiger partial charge in [0.25, 0.3) is 0 Å². The number of aryl methyl sites for hydroxylation is 2. The third-order valence-corrected chi connectivity index (χ3v) is 4.08. The van der Waals surface area contributed by atoms with Crippen LogP contribution in [0.1, 0.15) is 56.7 Å². The fourth-order valence-electron chi connectivity index (χ4n) is 2.69. The zero-order valence-electron chi connectivity index (χ0n) is 16.8. The van der Waals surface area contributed by atoms with Gasteiger partial charge in [0.1, 0.15) is 5.76 Å². The maximum absolute atomic E-state index is 5.72. The summed E-state index contributed by atoms with van der Waals surface area (Å²) in [6.07, 6.45) is 4.36. The molecule has 2 heterocycles. The predicted octanol–water partition coefficient (Wildman–Crippen LogP) is 3.24. The number of aromatic nitrogens is 2. The normalized spacial score (nSPS) is 11.5. The van der Waals surface area contributed by atoms with Crippen molar-refractivity contribution in [2.45, 2.75) is 60.0 Å². The molecule has 0 radical (unpaired) electrons. The van der Waals surface area contributed by atoms with Crippen LogP contribution in [0.25, 0.3) is 0 Å². The maximum Gasteiger partial charge on any atom is 0.218 e. The number of rotatable bonds is 10. The highest BCUT2D eigenvalue weighted by atomic mass is 16.5. The van der Waals surface area contributed by atoms with E-state index in [1.807, 2.05) is 19.1 Å². The number of pyridine rings is 1. The van der Waals surface area contributed by atoms with Crippen molar-refractivity contribution in [3.8, 4) is 5.88 Å². The summed E-state index contributed by atoms with van der Waals surface area (Å²) in [5.74, 6) is 2.32. The van der Waals surface area contributed by atoms with Gasteiger partial charge in [-0.3, -0.25) is 0 Å². The zero-order valence-corrected chi connectivity index (χ0v) is 16.8. The highest BCUT2D eigenvalue weighted by Crippen LogP contribution is 2.17. The molecule has 0 saturated heterocycles. The molecule has 0 atom stereocenters. The van der Waals surface area contributed by atoms with Gasteiger partial charge in [0.15, 0.2) is 5.96 Å². The Balaban J connectivity index is 2.08. The second kappa shape index (κ2) is 11.2. The van der Waals surface area contributed by atoms with Crippen molar-refractivity contribution < 1.29 is 9.26 Å². The van der Waals surface area contributed by atoms with Gasteiger partial charge in [-0.2, -0.15) is 0 Å². The molecule has 0 amide bonds. The Morgan fingerprint density at radius 2 is 2.04 bits per heavy atom. The van der Waals surface area contributed by atoms with Gasteiger partial charge in [0.2, 0.25) is 5.88 Å². The molecule has 0 aliphatic rings. The lowest BCUT2D eigenvalue weighted by Gasteiger charge is -2.12. The first-order valence-electron chi connectivity index (χ1n) is 9.78. The summed E-state index contributed by atoms with van der Waals surface area (Å²) < 4.78 is 11.2. The number of guanidine groups is 1. The van der Waals surface area contributed by atoms with Crippen molar-refractivity contribution in [3.05, 3.63) is 40.9 Å². The Kier molecular flexibility index (Phi) is 8.61. The van der Waals surface area contributed by atoms with E-state index in [9.17, 15) is 0 Å². The first-order chi connectivity index (χ1) is 13.2. The van der Waals surface area contributed by atoms with Gasteiger partial charge in [-0.05, 0) is 25.8 Å². The Morgan fingerprint density at radius 3 is 2.74 bits per heavy atom. The quantitative estimate of drug-likeness (QED) is 0.491. The van der Waals surface area contributed by atoms with Gasteiger partial charge < -0.3 is 19.9 Å². The van der Waals surface area contributed by atoms with E-state index in [0.717, 1.165) is 54.3 Å². The summed E-state index contributed by atoms with van der Waals surface area (Å²) in [6, 6.07) is 3.90. The largest absolute Gasteiger partial charge is 0.477 e. The SMILES string of the molecule is CCCOc1ncccc1CN=C(NCC)NCc1c(CC)noc1CC. The van der Waals surface area contributed by atoms with Crippen LogP contribution >= 0.6 is 0 Å². The fourth-order valence-corrected chi connectivity index (χ4v) is 2.69. The Hall–Kier alpha value is -2.57. The molecule has 7 heteroatoms. The van der Waals surface area contributed by atoms with E-state index >= 15 is 0 Å². The van der Waals surface area contributed by atoms with Crippen LogP contribution in [0.3, 0.4) is 0 Å². The smallest absolute Gasteiger partial charge is 0.218 e. The third-order valence-electron chi connectivity index (χ3n) is 4.08. The van der Waals surface area contributed by atoms with E-state index < -0.39 is 0 Å². The molecule has 0 fully saturated rings. The molecule has 2 aromatic rings. The van der Waals surface area contributed by atoms with Crippen LogP contribution in [-0.2, 0) is 25.9 Å². The molecule has 0 bridgehead atoms. The van der Waals surface area contributed by atoms with Gasteiger partial charge in [-0.15, -0.1) is 0 Å². The zero-order chi connectivity index (χ0) is 19.5. The van der Waals surface area contributed by atoms with Crippen LogP contribution in [0.15, 0.2) is 27.8 Å². The minimum atomic E-state index is 0.493. The molecule has 2 rings (SSSR count). The third kappa shape index (κ3) is 5.98. The molecule has 0 unspecified atom stereocenters. The topological polar surface area (TPSA) is 84.6 Å². The molecule has 148 valence electrons. The second-order valence-electron chi connectivity index (χ2n) is 6.10. The van der Waals surface area contributed by atoms with Crippen LogP contribution < -0.4 is 15.4 Å². The molecule has 27 heavy (non-hydrogen) atoms. The molecule has 2 N–H and O–H groups in total. The Morgan fingerprint density at radius 1 is 1.19 bits per heavy atom. The minimum Gasteiger partial charge on any atom is -0.477 e. The van der Waals surface area contributed by atoms with Crippen molar-refractivity contribution in [1.82, 2.24) is 20.8 Å². The lowest BCUT2D eigenvalue weighted by Crippen LogP contribution is -2.37. The van der Waals surface area contributed by atoms with Gasteiger partial charge in [-0.1, -0.05) is 32.0 Å². The van der Waals surface area contributed by atoms with E-state index in [2.05, 4.69) is 46.5 Å². The summed E-state index contributed by atoms with van der Waals surface area (Å²) in [5.41, 5.74) is 3.09. The molecule has 0 aliphatic carbocycles. The molecule has 0 saturated carbocycles. The molecular formula is C20H31N5O2. The standard InChI is InChI=1S/C20H31N5O2/c1-5-12-26-19-15(10-9-11-22-19)13-23-20(21-8-4)24-14-16-17(6-2)25-27-18(16)7-3/h9-11H,5-8,12-14H2,1-4H3,(H2,21,23,24). The van der Waals surface area contributed by atoms with E-state index in [1.165, 1.54) is 0 Å². The summed E-state index contributed by atoms with van der Waals surface area (Å²) >= 11 is 0. The first-order valence-corrected chi connectivity index (χ1v) is 9.78. The number of hydrogen-bond acceptors (Lipinski definition) is 5. The molecule has 2 aromatic heterocycles. The van der Waals surface area contributed by atoms with Gasteiger partial charge in [-0.25, -0.2) is 9.98 Å². The monoisotopic (exact) mass is 373 g/mol. The average Bonchev–Trinajstić information content (AvgIpc) is 3.11. The van der Waals surface area contributed by atoms with Gasteiger partial charge in [0, 0.05) is 36.8 Å². The van der Waals surface area contributed by atoms with Crippen LogP contribution in [0.2, 0.25) is 0 Å². The minimum absolute atomic E-state index is 0.493. The highest BCUT2D eigenvalue weighted by molar-refractivity contribution is 5.79. The first kappa shape index (κ1) is 20.7. The van der Waals surface area contributed by atoms with Crippen LogP contribution in [0.4, 0.5) is 0 Å². The average molecular weight is 374 g/mol. The summed E-state index contributed by atoms with van der Waals surface area (Å²) in [5, 5.41) is 10.8. The predicted molar refractivity (Wildman–Crippen MR) is 107 cm³/mol. The van der Waals surface area contributed by atoms with E-state index in [-0.39, 0.29) is 0 Å². The molecule has 7 nitrogen and oxygen atoms in total. The highest BCUT2D eigenvalue weighted by Gasteiger charge is 2.13. The Bertz CT molecular complexity index is 705. The summed E-state index contributed by atoms with van der Waals surface area (Å²) in [6.45, 7) is 10.8. The van der Waals surface area contributed by atoms with Crippen molar-refractivity contribution in [1.29, 1.82) is 0 Å². The van der Waals surface area contributed by atoms with E-state index in [1.54, 1.807) is 6.20 Å². The lowest BCUT2D eigenvalue weighted by molar-refractivity contribution is 0.302. The van der Waals surface area contributed by atoms with Crippen molar-refractivity contribution in [2.24, 2.45) is 4.99 Å². The van der Waals surface area contributed by atoms with Crippen molar-refractivity contribution in [3.63, 3.8) is 0 Å². The molecular weight excluding hydrogens is 342 g/mol. The second-order valence-corrected chi connectivity index (χ2v) is 6.10. The lowest BCUT2D eigenvalue weighted by atomic mass is 10.1.